The molecule has 2 nitrogen and oxygen atoms in total. The molecule has 0 aromatic rings. The van der Waals surface area contributed by atoms with E-state index in [1.807, 2.05) is 37.2 Å². The number of allylic oxidation sites excluding steroid dienone is 3. The molecule has 0 aliphatic heterocycles. The highest BCUT2D eigenvalue weighted by Gasteiger charge is 2.10. The van der Waals surface area contributed by atoms with Crippen LogP contribution in [0.1, 0.15) is 0 Å². The first kappa shape index (κ1) is 6.93. The maximum atomic E-state index is 7.30. The fourth-order valence-electron chi connectivity index (χ4n) is 0.784. The molecule has 0 saturated heterocycles. The van der Waals surface area contributed by atoms with Gasteiger partial charge in [-0.05, 0) is 0 Å². The van der Waals surface area contributed by atoms with Crippen LogP contribution in [-0.2, 0) is 0 Å². The molecule has 1 aliphatic rings. The Morgan fingerprint density at radius 1 is 1.50 bits per heavy atom. The molecular weight excluding hydrogens is 124 g/mol. The topological polar surface area (TPSA) is 27.1 Å². The van der Waals surface area contributed by atoms with Crippen LogP contribution in [-0.4, -0.2) is 24.7 Å². The van der Waals surface area contributed by atoms with E-state index in [-0.39, 0.29) is 0 Å². The zero-order chi connectivity index (χ0) is 7.56. The molecule has 10 heavy (non-hydrogen) atoms. The van der Waals surface area contributed by atoms with E-state index in [9.17, 15) is 0 Å². The summed E-state index contributed by atoms with van der Waals surface area (Å²) in [7, 11) is 3.93. The van der Waals surface area contributed by atoms with Crippen LogP contribution in [0.5, 0.6) is 0 Å². The van der Waals surface area contributed by atoms with Gasteiger partial charge in [0.15, 0.2) is 11.4 Å². The highest BCUT2D eigenvalue weighted by molar-refractivity contribution is 6.02. The molecule has 1 aliphatic carbocycles. The van der Waals surface area contributed by atoms with Crippen molar-refractivity contribution in [1.29, 1.82) is 5.41 Å². The Bertz CT molecular complexity index is 199. The maximum absolute atomic E-state index is 7.30. The third-order valence-electron chi connectivity index (χ3n) is 1.36. The summed E-state index contributed by atoms with van der Waals surface area (Å²) >= 11 is 0. The van der Waals surface area contributed by atoms with Gasteiger partial charge in [-0.1, -0.05) is 0 Å². The molecule has 0 bridgehead atoms. The SMILES string of the molecule is CN(C)C1=CC(=N)[CH+]C=C1. The zero-order valence-corrected chi connectivity index (χ0v) is 6.26. The zero-order valence-electron chi connectivity index (χ0n) is 6.26. The van der Waals surface area contributed by atoms with Gasteiger partial charge in [0.1, 0.15) is 0 Å². The second-order valence-corrected chi connectivity index (χ2v) is 2.44. The fourth-order valence-corrected chi connectivity index (χ4v) is 0.784. The minimum absolute atomic E-state index is 0.561. The van der Waals surface area contributed by atoms with Crippen LogP contribution in [0.3, 0.4) is 0 Å². The van der Waals surface area contributed by atoms with E-state index >= 15 is 0 Å². The van der Waals surface area contributed by atoms with Gasteiger partial charge in [0.05, 0.1) is 24.6 Å². The summed E-state index contributed by atoms with van der Waals surface area (Å²) in [6.07, 6.45) is 7.47. The Morgan fingerprint density at radius 3 is 2.60 bits per heavy atom. The molecule has 0 aromatic carbocycles. The normalized spacial score (nSPS) is 16.2. The lowest BCUT2D eigenvalue weighted by molar-refractivity contribution is 0.530. The molecule has 0 aromatic heterocycles. The van der Waals surface area contributed by atoms with Gasteiger partial charge in [-0.2, -0.15) is 0 Å². The number of rotatable bonds is 1. The molecular formula is C8H11N2+. The Kier molecular flexibility index (Phi) is 1.81. The standard InChI is InChI=1S/C8H11N2/c1-10(2)8-5-3-4-7(9)6-8/h3-6,9H,1-2H3/q+1. The minimum atomic E-state index is 0.561. The second kappa shape index (κ2) is 2.60. The fraction of sp³-hybridized carbons (Fsp3) is 0.250. The van der Waals surface area contributed by atoms with Gasteiger partial charge < -0.3 is 4.90 Å². The lowest BCUT2D eigenvalue weighted by Crippen LogP contribution is -2.13. The van der Waals surface area contributed by atoms with Crippen LogP contribution in [0.15, 0.2) is 23.9 Å². The summed E-state index contributed by atoms with van der Waals surface area (Å²) in [5, 5.41) is 7.30. The number of nitrogens with zero attached hydrogens (tertiary/aromatic N) is 1. The van der Waals surface area contributed by atoms with Crippen molar-refractivity contribution in [3.63, 3.8) is 0 Å². The van der Waals surface area contributed by atoms with Gasteiger partial charge >= 0.3 is 0 Å². The highest BCUT2D eigenvalue weighted by Crippen LogP contribution is 2.07. The van der Waals surface area contributed by atoms with Crippen molar-refractivity contribution < 1.29 is 0 Å². The van der Waals surface area contributed by atoms with Crippen molar-refractivity contribution in [1.82, 2.24) is 4.90 Å². The molecule has 0 fully saturated rings. The van der Waals surface area contributed by atoms with Crippen molar-refractivity contribution in [2.24, 2.45) is 0 Å². The summed E-state index contributed by atoms with van der Waals surface area (Å²) in [4.78, 5) is 1.98. The van der Waals surface area contributed by atoms with E-state index < -0.39 is 0 Å². The van der Waals surface area contributed by atoms with Crippen molar-refractivity contribution in [2.75, 3.05) is 14.1 Å². The quantitative estimate of drug-likeness (QED) is 0.538. The summed E-state index contributed by atoms with van der Waals surface area (Å²) in [5.41, 5.74) is 1.64. The van der Waals surface area contributed by atoms with Crippen LogP contribution >= 0.6 is 0 Å². The molecule has 2 heteroatoms. The molecule has 0 unspecified atom stereocenters. The first-order valence-corrected chi connectivity index (χ1v) is 3.19. The largest absolute Gasteiger partial charge is 0.356 e. The monoisotopic (exact) mass is 135 g/mol. The second-order valence-electron chi connectivity index (χ2n) is 2.44. The van der Waals surface area contributed by atoms with Gasteiger partial charge in [-0.25, -0.2) is 0 Å². The van der Waals surface area contributed by atoms with Crippen LogP contribution in [0.4, 0.5) is 0 Å². The van der Waals surface area contributed by atoms with Crippen molar-refractivity contribution in [3.05, 3.63) is 30.3 Å². The lowest BCUT2D eigenvalue weighted by Gasteiger charge is -2.09. The molecule has 0 heterocycles. The molecule has 0 amide bonds. The van der Waals surface area contributed by atoms with Gasteiger partial charge in [-0.15, -0.1) is 0 Å². The van der Waals surface area contributed by atoms with E-state index in [0.717, 1.165) is 5.70 Å². The number of likely N-dealkylation sites (N-methyl/N-ethyl adjacent to an activating group) is 1. The first-order valence-electron chi connectivity index (χ1n) is 3.19. The van der Waals surface area contributed by atoms with Gasteiger partial charge in [0.25, 0.3) is 0 Å². The average molecular weight is 135 g/mol. The van der Waals surface area contributed by atoms with E-state index in [0.29, 0.717) is 5.71 Å². The number of hydrogen-bond donors (Lipinski definition) is 1. The van der Waals surface area contributed by atoms with Crippen molar-refractivity contribution in [2.45, 2.75) is 0 Å². The van der Waals surface area contributed by atoms with Crippen LogP contribution in [0.2, 0.25) is 0 Å². The molecule has 1 N–H and O–H groups in total. The van der Waals surface area contributed by atoms with E-state index in [4.69, 9.17) is 5.41 Å². The molecule has 0 saturated carbocycles. The Labute approximate surface area is 61.4 Å². The predicted molar refractivity (Wildman–Crippen MR) is 42.9 cm³/mol. The minimum Gasteiger partial charge on any atom is -0.356 e. The molecule has 0 atom stereocenters. The summed E-state index contributed by atoms with van der Waals surface area (Å²) in [6.45, 7) is 0. The maximum Gasteiger partial charge on any atom is 0.167 e. The van der Waals surface area contributed by atoms with Crippen molar-refractivity contribution in [3.8, 4) is 0 Å². The van der Waals surface area contributed by atoms with E-state index in [1.54, 1.807) is 6.42 Å². The molecule has 0 radical (unpaired) electrons. The summed E-state index contributed by atoms with van der Waals surface area (Å²) in [5.74, 6) is 0. The predicted octanol–water partition coefficient (Wildman–Crippen LogP) is 1.23. The Balaban J connectivity index is 2.76. The molecule has 1 rings (SSSR count). The third-order valence-corrected chi connectivity index (χ3v) is 1.36. The van der Waals surface area contributed by atoms with Crippen LogP contribution < -0.4 is 0 Å². The van der Waals surface area contributed by atoms with E-state index in [2.05, 4.69) is 0 Å². The van der Waals surface area contributed by atoms with Crippen LogP contribution in [0.25, 0.3) is 0 Å². The smallest absolute Gasteiger partial charge is 0.167 e. The first-order chi connectivity index (χ1) is 4.70. The van der Waals surface area contributed by atoms with Crippen molar-refractivity contribution >= 4 is 5.71 Å². The van der Waals surface area contributed by atoms with E-state index in [1.165, 1.54) is 0 Å². The summed E-state index contributed by atoms with van der Waals surface area (Å²) < 4.78 is 0. The lowest BCUT2D eigenvalue weighted by atomic mass is 10.1. The van der Waals surface area contributed by atoms with Gasteiger partial charge in [0.2, 0.25) is 0 Å². The summed E-state index contributed by atoms with van der Waals surface area (Å²) in [6, 6.07) is 0. The molecule has 52 valence electrons. The number of nitrogens with one attached hydrogen (secondary N) is 1. The Morgan fingerprint density at radius 2 is 2.20 bits per heavy atom. The third kappa shape index (κ3) is 1.41. The van der Waals surface area contributed by atoms with Gasteiger partial charge in [-0.3, -0.25) is 5.41 Å². The van der Waals surface area contributed by atoms with Gasteiger partial charge in [0, 0.05) is 14.1 Å². The molecule has 0 spiro atoms. The highest BCUT2D eigenvalue weighted by atomic mass is 15.1. The Hall–Kier alpha value is -1.18. The average Bonchev–Trinajstić information content (AvgIpc) is 1.88. The van der Waals surface area contributed by atoms with Crippen LogP contribution in [0, 0.1) is 11.8 Å². The number of hydrogen-bond acceptors (Lipinski definition) is 2.